The number of carbonyl (C=O) groups excluding carboxylic acids is 1. The highest BCUT2D eigenvalue weighted by Gasteiger charge is 2.45. The molecule has 156 valence electrons. The van der Waals surface area contributed by atoms with Crippen molar-refractivity contribution in [1.29, 1.82) is 0 Å². The first-order valence-electron chi connectivity index (χ1n) is 11.2. The number of rotatable bonds is 3. The zero-order valence-electron chi connectivity index (χ0n) is 17.5. The molecule has 3 aliphatic rings. The summed E-state index contributed by atoms with van der Waals surface area (Å²) in [6, 6.07) is 10.1. The average Bonchev–Trinajstić information content (AvgIpc) is 3.64. The van der Waals surface area contributed by atoms with Crippen molar-refractivity contribution in [3.8, 4) is 11.4 Å². The van der Waals surface area contributed by atoms with Gasteiger partial charge in [-0.25, -0.2) is 19.9 Å². The van der Waals surface area contributed by atoms with Gasteiger partial charge in [-0.05, 0) is 44.1 Å². The Morgan fingerprint density at radius 2 is 1.81 bits per heavy atom. The van der Waals surface area contributed by atoms with Crippen LogP contribution >= 0.6 is 0 Å². The fraction of sp³-hybridized carbons (Fsp3) is 0.400. The molecule has 6 heteroatoms. The van der Waals surface area contributed by atoms with Gasteiger partial charge in [-0.15, -0.1) is 0 Å². The number of likely N-dealkylation sites (tertiary alicyclic amines) is 1. The van der Waals surface area contributed by atoms with E-state index in [-0.39, 0.29) is 11.3 Å². The van der Waals surface area contributed by atoms with Crippen molar-refractivity contribution < 1.29 is 4.79 Å². The molecule has 1 atom stereocenters. The lowest BCUT2D eigenvalue weighted by Crippen LogP contribution is -2.48. The first-order valence-corrected chi connectivity index (χ1v) is 11.2. The SMILES string of the molecule is O=C(c1cnc(C2CC2)nc1)N1CCCC2(CCc3cnc(-c4ccccc4)nc32)C1. The van der Waals surface area contributed by atoms with E-state index < -0.39 is 0 Å². The molecule has 1 saturated carbocycles. The normalized spacial score (nSPS) is 22.5. The summed E-state index contributed by atoms with van der Waals surface area (Å²) in [4.78, 5) is 33.8. The Bertz CT molecular complexity index is 1120. The first-order chi connectivity index (χ1) is 15.2. The van der Waals surface area contributed by atoms with E-state index in [9.17, 15) is 4.79 Å². The van der Waals surface area contributed by atoms with Gasteiger partial charge >= 0.3 is 0 Å². The third-order valence-corrected chi connectivity index (χ3v) is 7.00. The van der Waals surface area contributed by atoms with Crippen LogP contribution in [0.3, 0.4) is 0 Å². The molecule has 2 aromatic heterocycles. The van der Waals surface area contributed by atoms with Gasteiger partial charge in [0.25, 0.3) is 5.91 Å². The van der Waals surface area contributed by atoms with Crippen LogP contribution in [0.25, 0.3) is 11.4 Å². The lowest BCUT2D eigenvalue weighted by atomic mass is 9.77. The van der Waals surface area contributed by atoms with Gasteiger partial charge in [0.15, 0.2) is 5.82 Å². The molecule has 0 N–H and O–H groups in total. The van der Waals surface area contributed by atoms with E-state index in [4.69, 9.17) is 4.98 Å². The molecule has 1 aliphatic heterocycles. The number of nitrogens with zero attached hydrogens (tertiary/aromatic N) is 5. The predicted molar refractivity (Wildman–Crippen MR) is 117 cm³/mol. The molecule has 0 radical (unpaired) electrons. The second-order valence-corrected chi connectivity index (χ2v) is 9.15. The minimum absolute atomic E-state index is 0.0345. The summed E-state index contributed by atoms with van der Waals surface area (Å²) in [5, 5.41) is 0. The van der Waals surface area contributed by atoms with Crippen LogP contribution in [0.2, 0.25) is 0 Å². The van der Waals surface area contributed by atoms with Gasteiger partial charge in [-0.2, -0.15) is 0 Å². The summed E-state index contributed by atoms with van der Waals surface area (Å²) >= 11 is 0. The number of fused-ring (bicyclic) bond motifs is 2. The molecule has 31 heavy (non-hydrogen) atoms. The molecule has 1 saturated heterocycles. The largest absolute Gasteiger partial charge is 0.338 e. The van der Waals surface area contributed by atoms with Gasteiger partial charge in [0.1, 0.15) is 5.82 Å². The highest BCUT2D eigenvalue weighted by molar-refractivity contribution is 5.93. The third kappa shape index (κ3) is 3.30. The van der Waals surface area contributed by atoms with Crippen molar-refractivity contribution >= 4 is 5.91 Å². The van der Waals surface area contributed by atoms with Crippen LogP contribution in [0.5, 0.6) is 0 Å². The van der Waals surface area contributed by atoms with Crippen molar-refractivity contribution in [3.05, 3.63) is 71.6 Å². The molecule has 3 aromatic rings. The topological polar surface area (TPSA) is 71.9 Å². The number of carbonyl (C=O) groups is 1. The number of aryl methyl sites for hydroxylation is 1. The number of aromatic nitrogens is 4. The molecule has 2 aliphatic carbocycles. The Kier molecular flexibility index (Phi) is 4.33. The third-order valence-electron chi connectivity index (χ3n) is 7.00. The van der Waals surface area contributed by atoms with Crippen molar-refractivity contribution in [2.45, 2.75) is 49.9 Å². The van der Waals surface area contributed by atoms with E-state index in [1.165, 1.54) is 5.56 Å². The Morgan fingerprint density at radius 1 is 1.00 bits per heavy atom. The Labute approximate surface area is 181 Å². The average molecular weight is 412 g/mol. The van der Waals surface area contributed by atoms with Crippen LogP contribution in [0.4, 0.5) is 0 Å². The molecule has 1 aromatic carbocycles. The minimum Gasteiger partial charge on any atom is -0.338 e. The number of amides is 1. The van der Waals surface area contributed by atoms with Crippen LogP contribution < -0.4 is 0 Å². The first kappa shape index (κ1) is 18.6. The van der Waals surface area contributed by atoms with Crippen LogP contribution in [0, 0.1) is 0 Å². The maximum Gasteiger partial charge on any atom is 0.257 e. The summed E-state index contributed by atoms with van der Waals surface area (Å²) in [5.41, 5.74) is 3.91. The second kappa shape index (κ2) is 7.22. The van der Waals surface area contributed by atoms with E-state index in [0.717, 1.165) is 68.0 Å². The predicted octanol–water partition coefficient (Wildman–Crippen LogP) is 3.93. The van der Waals surface area contributed by atoms with E-state index in [1.54, 1.807) is 12.4 Å². The van der Waals surface area contributed by atoms with Gasteiger partial charge in [0.2, 0.25) is 0 Å². The number of benzene rings is 1. The Morgan fingerprint density at radius 3 is 2.58 bits per heavy atom. The molecule has 6 rings (SSSR count). The lowest BCUT2D eigenvalue weighted by Gasteiger charge is -2.40. The number of hydrogen-bond acceptors (Lipinski definition) is 5. The summed E-state index contributed by atoms with van der Waals surface area (Å²) in [7, 11) is 0. The highest BCUT2D eigenvalue weighted by Crippen LogP contribution is 2.44. The van der Waals surface area contributed by atoms with Crippen LogP contribution in [-0.2, 0) is 11.8 Å². The summed E-state index contributed by atoms with van der Waals surface area (Å²) in [6.45, 7) is 1.48. The summed E-state index contributed by atoms with van der Waals surface area (Å²) in [5.74, 6) is 2.18. The maximum atomic E-state index is 13.3. The van der Waals surface area contributed by atoms with E-state index in [0.29, 0.717) is 18.0 Å². The number of piperidine rings is 1. The molecular weight excluding hydrogens is 386 g/mol. The second-order valence-electron chi connectivity index (χ2n) is 9.15. The molecule has 0 bridgehead atoms. The lowest BCUT2D eigenvalue weighted by molar-refractivity contribution is 0.0632. The summed E-state index contributed by atoms with van der Waals surface area (Å²) in [6.07, 6.45) is 11.8. The van der Waals surface area contributed by atoms with Crippen molar-refractivity contribution in [2.24, 2.45) is 0 Å². The maximum absolute atomic E-state index is 13.3. The monoisotopic (exact) mass is 411 g/mol. The van der Waals surface area contributed by atoms with Crippen LogP contribution in [-0.4, -0.2) is 43.8 Å². The molecular formula is C25H25N5O. The quantitative estimate of drug-likeness (QED) is 0.653. The molecule has 3 heterocycles. The van der Waals surface area contributed by atoms with E-state index >= 15 is 0 Å². The number of hydrogen-bond donors (Lipinski definition) is 0. The van der Waals surface area contributed by atoms with Crippen LogP contribution in [0.1, 0.15) is 65.5 Å². The van der Waals surface area contributed by atoms with E-state index in [1.807, 2.05) is 41.4 Å². The molecule has 6 nitrogen and oxygen atoms in total. The summed E-state index contributed by atoms with van der Waals surface area (Å²) < 4.78 is 0. The van der Waals surface area contributed by atoms with Gasteiger partial charge in [0, 0.05) is 48.6 Å². The zero-order valence-corrected chi connectivity index (χ0v) is 17.5. The van der Waals surface area contributed by atoms with Crippen molar-refractivity contribution in [3.63, 3.8) is 0 Å². The van der Waals surface area contributed by atoms with Crippen molar-refractivity contribution in [2.75, 3.05) is 13.1 Å². The minimum atomic E-state index is -0.0788. The van der Waals surface area contributed by atoms with Gasteiger partial charge < -0.3 is 4.90 Å². The Balaban J connectivity index is 1.28. The molecule has 1 unspecified atom stereocenters. The molecule has 1 spiro atoms. The van der Waals surface area contributed by atoms with Crippen LogP contribution in [0.15, 0.2) is 48.9 Å². The fourth-order valence-electron chi connectivity index (χ4n) is 5.15. The van der Waals surface area contributed by atoms with Gasteiger partial charge in [0.05, 0.1) is 11.3 Å². The zero-order chi connectivity index (χ0) is 20.8. The Hall–Kier alpha value is -3.15. The van der Waals surface area contributed by atoms with Crippen molar-refractivity contribution in [1.82, 2.24) is 24.8 Å². The van der Waals surface area contributed by atoms with Gasteiger partial charge in [-0.3, -0.25) is 4.79 Å². The molecule has 2 fully saturated rings. The molecule has 1 amide bonds. The fourth-order valence-corrected chi connectivity index (χ4v) is 5.15. The standard InChI is InChI=1S/C25H25N5O/c31-24(20-14-26-22(27-15-20)18-7-8-18)30-12-4-10-25(16-30)11-9-19-13-28-23(29-21(19)25)17-5-2-1-3-6-17/h1-3,5-6,13-15,18H,4,7-12,16H2. The van der Waals surface area contributed by atoms with Gasteiger partial charge in [-0.1, -0.05) is 30.3 Å². The smallest absolute Gasteiger partial charge is 0.257 e. The highest BCUT2D eigenvalue weighted by atomic mass is 16.2. The van der Waals surface area contributed by atoms with E-state index in [2.05, 4.69) is 15.0 Å².